The highest BCUT2D eigenvalue weighted by Crippen LogP contribution is 2.30. The van der Waals surface area contributed by atoms with Crippen LogP contribution in [0.1, 0.15) is 38.8 Å². The van der Waals surface area contributed by atoms with Gasteiger partial charge in [0.2, 0.25) is 0 Å². The topological polar surface area (TPSA) is 47.6 Å². The highest BCUT2D eigenvalue weighted by Gasteiger charge is 2.18. The lowest BCUT2D eigenvalue weighted by molar-refractivity contribution is -0.123. The van der Waals surface area contributed by atoms with E-state index < -0.39 is 0 Å². The molecule has 0 saturated heterocycles. The number of ether oxygens (including phenoxy) is 2. The fourth-order valence-electron chi connectivity index (χ4n) is 2.58. The number of rotatable bonds is 8. The first kappa shape index (κ1) is 19.8. The van der Waals surface area contributed by atoms with E-state index in [1.54, 1.807) is 0 Å². The standard InChI is InChI=1S/C22H29NO3/c1-5-17-10-12-18(13-11-17)26-16-21(24)23-14-15-25-20-9-7-6-8-19(20)22(2,3)4/h6-13H,5,14-16H2,1-4H3,(H,23,24). The van der Waals surface area contributed by atoms with Gasteiger partial charge in [-0.25, -0.2) is 0 Å². The predicted octanol–water partition coefficient (Wildman–Crippen LogP) is 4.12. The Labute approximate surface area is 156 Å². The molecule has 2 aromatic carbocycles. The van der Waals surface area contributed by atoms with Crippen molar-refractivity contribution < 1.29 is 14.3 Å². The number of benzene rings is 2. The third kappa shape index (κ3) is 6.10. The SMILES string of the molecule is CCc1ccc(OCC(=O)NCCOc2ccccc2C(C)(C)C)cc1. The zero-order valence-electron chi connectivity index (χ0n) is 16.2. The lowest BCUT2D eigenvalue weighted by Crippen LogP contribution is -2.32. The lowest BCUT2D eigenvalue weighted by atomic mass is 9.86. The van der Waals surface area contributed by atoms with Gasteiger partial charge in [-0.05, 0) is 41.2 Å². The summed E-state index contributed by atoms with van der Waals surface area (Å²) < 4.78 is 11.3. The summed E-state index contributed by atoms with van der Waals surface area (Å²) in [5, 5.41) is 2.81. The molecule has 2 aromatic rings. The summed E-state index contributed by atoms with van der Waals surface area (Å²) in [5.74, 6) is 1.41. The van der Waals surface area contributed by atoms with Crippen LogP contribution in [0.25, 0.3) is 0 Å². The maximum atomic E-state index is 11.9. The van der Waals surface area contributed by atoms with Crippen molar-refractivity contribution >= 4 is 5.91 Å². The average Bonchev–Trinajstić information content (AvgIpc) is 2.63. The fraction of sp³-hybridized carbons (Fsp3) is 0.409. The van der Waals surface area contributed by atoms with Crippen LogP contribution >= 0.6 is 0 Å². The van der Waals surface area contributed by atoms with E-state index in [1.165, 1.54) is 5.56 Å². The number of amides is 1. The van der Waals surface area contributed by atoms with Crippen LogP contribution in [0.4, 0.5) is 0 Å². The van der Waals surface area contributed by atoms with Crippen molar-refractivity contribution in [1.82, 2.24) is 5.32 Å². The first-order valence-corrected chi connectivity index (χ1v) is 9.11. The second kappa shape index (κ2) is 9.27. The zero-order valence-corrected chi connectivity index (χ0v) is 16.2. The molecule has 0 spiro atoms. The van der Waals surface area contributed by atoms with Crippen LogP contribution in [0, 0.1) is 0 Å². The Morgan fingerprint density at radius 1 is 1.00 bits per heavy atom. The number of hydrogen-bond acceptors (Lipinski definition) is 3. The van der Waals surface area contributed by atoms with Crippen molar-refractivity contribution in [3.63, 3.8) is 0 Å². The Balaban J connectivity index is 1.72. The van der Waals surface area contributed by atoms with E-state index in [4.69, 9.17) is 9.47 Å². The predicted molar refractivity (Wildman–Crippen MR) is 105 cm³/mol. The Morgan fingerprint density at radius 2 is 1.69 bits per heavy atom. The first-order chi connectivity index (χ1) is 12.4. The minimum atomic E-state index is -0.155. The molecule has 2 rings (SSSR count). The van der Waals surface area contributed by atoms with Crippen LogP contribution in [0.2, 0.25) is 0 Å². The lowest BCUT2D eigenvalue weighted by Gasteiger charge is -2.22. The smallest absolute Gasteiger partial charge is 0.258 e. The molecule has 1 N–H and O–H groups in total. The Hall–Kier alpha value is -2.49. The molecule has 0 heterocycles. The van der Waals surface area contributed by atoms with Crippen molar-refractivity contribution in [2.24, 2.45) is 0 Å². The molecule has 0 radical (unpaired) electrons. The van der Waals surface area contributed by atoms with Gasteiger partial charge in [-0.2, -0.15) is 0 Å². The molecule has 4 heteroatoms. The van der Waals surface area contributed by atoms with Crippen molar-refractivity contribution in [2.45, 2.75) is 39.5 Å². The minimum Gasteiger partial charge on any atom is -0.491 e. The van der Waals surface area contributed by atoms with Crippen molar-refractivity contribution in [1.29, 1.82) is 0 Å². The fourth-order valence-corrected chi connectivity index (χ4v) is 2.58. The zero-order chi connectivity index (χ0) is 19.0. The molecular weight excluding hydrogens is 326 g/mol. The number of carbonyl (C=O) groups excluding carboxylic acids is 1. The van der Waals surface area contributed by atoms with Gasteiger partial charge in [-0.3, -0.25) is 4.79 Å². The van der Waals surface area contributed by atoms with E-state index in [0.717, 1.165) is 17.7 Å². The van der Waals surface area contributed by atoms with Crippen LogP contribution in [-0.4, -0.2) is 25.7 Å². The monoisotopic (exact) mass is 355 g/mol. The molecule has 0 aliphatic rings. The highest BCUT2D eigenvalue weighted by atomic mass is 16.5. The summed E-state index contributed by atoms with van der Waals surface area (Å²) in [4.78, 5) is 11.9. The third-order valence-electron chi connectivity index (χ3n) is 4.08. The molecule has 0 fully saturated rings. The summed E-state index contributed by atoms with van der Waals surface area (Å²) in [6.07, 6.45) is 0.985. The van der Waals surface area contributed by atoms with Crippen LogP contribution < -0.4 is 14.8 Å². The third-order valence-corrected chi connectivity index (χ3v) is 4.08. The first-order valence-electron chi connectivity index (χ1n) is 9.11. The van der Waals surface area contributed by atoms with Gasteiger partial charge in [-0.15, -0.1) is 0 Å². The molecule has 0 unspecified atom stereocenters. The molecule has 4 nitrogen and oxygen atoms in total. The summed E-state index contributed by atoms with van der Waals surface area (Å²) in [5.41, 5.74) is 2.42. The van der Waals surface area contributed by atoms with E-state index in [0.29, 0.717) is 18.9 Å². The Bertz CT molecular complexity index is 702. The average molecular weight is 355 g/mol. The van der Waals surface area contributed by atoms with Gasteiger partial charge in [0, 0.05) is 0 Å². The van der Waals surface area contributed by atoms with Gasteiger partial charge >= 0.3 is 0 Å². The molecule has 0 aliphatic heterocycles. The maximum Gasteiger partial charge on any atom is 0.258 e. The number of aryl methyl sites for hydroxylation is 1. The molecule has 0 saturated carbocycles. The second-order valence-corrected chi connectivity index (χ2v) is 7.23. The molecule has 0 aliphatic carbocycles. The van der Waals surface area contributed by atoms with Crippen LogP contribution in [0.5, 0.6) is 11.5 Å². The van der Waals surface area contributed by atoms with Crippen LogP contribution in [-0.2, 0) is 16.6 Å². The molecule has 0 aromatic heterocycles. The summed E-state index contributed by atoms with van der Waals surface area (Å²) in [7, 11) is 0. The molecule has 26 heavy (non-hydrogen) atoms. The van der Waals surface area contributed by atoms with Gasteiger partial charge in [-0.1, -0.05) is 58.0 Å². The van der Waals surface area contributed by atoms with Crippen molar-refractivity contribution in [3.05, 3.63) is 59.7 Å². The number of carbonyl (C=O) groups is 1. The van der Waals surface area contributed by atoms with Gasteiger partial charge < -0.3 is 14.8 Å². The van der Waals surface area contributed by atoms with E-state index in [1.807, 2.05) is 42.5 Å². The number of nitrogens with one attached hydrogen (secondary N) is 1. The summed E-state index contributed by atoms with van der Waals surface area (Å²) in [6, 6.07) is 15.8. The van der Waals surface area contributed by atoms with E-state index >= 15 is 0 Å². The van der Waals surface area contributed by atoms with Gasteiger partial charge in [0.05, 0.1) is 6.54 Å². The molecule has 0 atom stereocenters. The number of para-hydroxylation sites is 1. The molecule has 1 amide bonds. The van der Waals surface area contributed by atoms with Gasteiger partial charge in [0.15, 0.2) is 6.61 Å². The Kier molecular flexibility index (Phi) is 7.07. The van der Waals surface area contributed by atoms with Gasteiger partial charge in [0.1, 0.15) is 18.1 Å². The number of hydrogen-bond donors (Lipinski definition) is 1. The van der Waals surface area contributed by atoms with Crippen molar-refractivity contribution in [3.8, 4) is 11.5 Å². The van der Waals surface area contributed by atoms with Crippen molar-refractivity contribution in [2.75, 3.05) is 19.8 Å². The quantitative estimate of drug-likeness (QED) is 0.725. The van der Waals surface area contributed by atoms with E-state index in [2.05, 4.69) is 39.1 Å². The normalized spacial score (nSPS) is 11.1. The van der Waals surface area contributed by atoms with E-state index in [-0.39, 0.29) is 17.9 Å². The molecular formula is C22H29NO3. The summed E-state index contributed by atoms with van der Waals surface area (Å²) >= 11 is 0. The highest BCUT2D eigenvalue weighted by molar-refractivity contribution is 5.77. The van der Waals surface area contributed by atoms with Crippen LogP contribution in [0.15, 0.2) is 48.5 Å². The van der Waals surface area contributed by atoms with E-state index in [9.17, 15) is 4.79 Å². The Morgan fingerprint density at radius 3 is 2.35 bits per heavy atom. The van der Waals surface area contributed by atoms with Crippen LogP contribution in [0.3, 0.4) is 0 Å². The molecule has 140 valence electrons. The minimum absolute atomic E-state index is 0.00402. The largest absolute Gasteiger partial charge is 0.491 e. The maximum absolute atomic E-state index is 11.9. The summed E-state index contributed by atoms with van der Waals surface area (Å²) in [6.45, 7) is 9.43. The van der Waals surface area contributed by atoms with Gasteiger partial charge in [0.25, 0.3) is 5.91 Å². The second-order valence-electron chi connectivity index (χ2n) is 7.23. The molecule has 0 bridgehead atoms.